The number of carbonyl (C=O) groups excluding carboxylic acids is 4. The number of benzene rings is 2. The molecule has 9 nitrogen and oxygen atoms in total. The van der Waals surface area contributed by atoms with Gasteiger partial charge in [0.15, 0.2) is 0 Å². The van der Waals surface area contributed by atoms with E-state index in [9.17, 15) is 19.2 Å². The van der Waals surface area contributed by atoms with E-state index in [0.717, 1.165) is 5.56 Å². The molecule has 0 spiro atoms. The summed E-state index contributed by atoms with van der Waals surface area (Å²) in [6, 6.07) is 15.8. The highest BCUT2D eigenvalue weighted by molar-refractivity contribution is 6.13. The highest BCUT2D eigenvalue weighted by Crippen LogP contribution is 2.57. The molecular weight excluding hydrogens is 474 g/mol. The van der Waals surface area contributed by atoms with Crippen molar-refractivity contribution in [3.05, 3.63) is 65.7 Å². The third-order valence-electron chi connectivity index (χ3n) is 7.91. The predicted molar refractivity (Wildman–Crippen MR) is 133 cm³/mol. The van der Waals surface area contributed by atoms with Crippen LogP contribution >= 0.6 is 0 Å². The summed E-state index contributed by atoms with van der Waals surface area (Å²) in [5.74, 6) is -2.57. The molecule has 9 heteroatoms. The fourth-order valence-corrected chi connectivity index (χ4v) is 6.36. The van der Waals surface area contributed by atoms with Crippen molar-refractivity contribution in [2.45, 2.75) is 24.9 Å². The third kappa shape index (κ3) is 3.71. The third-order valence-corrected chi connectivity index (χ3v) is 7.91. The van der Waals surface area contributed by atoms with Crippen molar-refractivity contribution in [1.82, 2.24) is 14.7 Å². The largest absolute Gasteiger partial charge is 0.497 e. The van der Waals surface area contributed by atoms with E-state index in [1.165, 1.54) is 16.9 Å². The Morgan fingerprint density at radius 2 is 1.65 bits per heavy atom. The molecule has 3 heterocycles. The van der Waals surface area contributed by atoms with Gasteiger partial charge < -0.3 is 19.3 Å². The minimum Gasteiger partial charge on any atom is -0.497 e. The van der Waals surface area contributed by atoms with E-state index < -0.39 is 29.3 Å². The molecule has 0 saturated carbocycles. The van der Waals surface area contributed by atoms with Gasteiger partial charge in [0, 0.05) is 26.6 Å². The number of likely N-dealkylation sites (tertiary alicyclic amines) is 1. The number of carbonyl (C=O) groups is 4. The summed E-state index contributed by atoms with van der Waals surface area (Å²) in [7, 11) is 3.09. The van der Waals surface area contributed by atoms with Crippen molar-refractivity contribution < 1.29 is 28.7 Å². The fraction of sp³-hybridized carbons (Fsp3) is 0.429. The van der Waals surface area contributed by atoms with Crippen LogP contribution in [0, 0.1) is 11.8 Å². The maximum absolute atomic E-state index is 14.4. The van der Waals surface area contributed by atoms with Crippen LogP contribution in [0.4, 0.5) is 0 Å². The minimum absolute atomic E-state index is 0.131. The first-order chi connectivity index (χ1) is 17.9. The number of fused-ring (bicyclic) bond motifs is 3. The fourth-order valence-electron chi connectivity index (χ4n) is 6.36. The lowest BCUT2D eigenvalue weighted by atomic mass is 9.74. The molecule has 0 bridgehead atoms. The van der Waals surface area contributed by atoms with Gasteiger partial charge in [-0.3, -0.25) is 24.1 Å². The van der Waals surface area contributed by atoms with Gasteiger partial charge in [0.25, 0.3) is 0 Å². The number of rotatable bonds is 8. The minimum atomic E-state index is -1.53. The zero-order valence-electron chi connectivity index (χ0n) is 21.3. The van der Waals surface area contributed by atoms with Crippen molar-refractivity contribution in [1.29, 1.82) is 0 Å². The summed E-state index contributed by atoms with van der Waals surface area (Å²) in [4.78, 5) is 60.2. The van der Waals surface area contributed by atoms with E-state index in [4.69, 9.17) is 9.47 Å². The second kappa shape index (κ2) is 9.63. The zero-order chi connectivity index (χ0) is 26.3. The number of nitrogens with zero attached hydrogens (tertiary/aromatic N) is 3. The second-order valence-corrected chi connectivity index (χ2v) is 9.71. The van der Waals surface area contributed by atoms with E-state index in [1.54, 1.807) is 43.2 Å². The number of methoxy groups -OCH3 is 2. The van der Waals surface area contributed by atoms with Gasteiger partial charge in [0.1, 0.15) is 11.3 Å². The summed E-state index contributed by atoms with van der Waals surface area (Å²) < 4.78 is 10.5. The molecule has 5 rings (SSSR count). The summed E-state index contributed by atoms with van der Waals surface area (Å²) >= 11 is 0. The van der Waals surface area contributed by atoms with E-state index in [1.807, 2.05) is 30.3 Å². The molecule has 37 heavy (non-hydrogen) atoms. The van der Waals surface area contributed by atoms with Crippen LogP contribution in [-0.4, -0.2) is 84.3 Å². The number of amides is 4. The Kier molecular flexibility index (Phi) is 6.49. The summed E-state index contributed by atoms with van der Waals surface area (Å²) in [5, 5.41) is 0. The lowest BCUT2D eigenvalue weighted by Gasteiger charge is -2.49. The van der Waals surface area contributed by atoms with Crippen molar-refractivity contribution in [2.24, 2.45) is 11.8 Å². The van der Waals surface area contributed by atoms with Crippen molar-refractivity contribution >= 4 is 23.6 Å². The van der Waals surface area contributed by atoms with Crippen molar-refractivity contribution in [2.75, 3.05) is 40.5 Å². The number of hydrogen-bond donors (Lipinski definition) is 0. The lowest BCUT2D eigenvalue weighted by molar-refractivity contribution is -0.169. The molecule has 0 aliphatic carbocycles. The average molecular weight is 506 g/mol. The van der Waals surface area contributed by atoms with Gasteiger partial charge >= 0.3 is 0 Å². The average Bonchev–Trinajstić information content (AvgIpc) is 3.36. The van der Waals surface area contributed by atoms with Crippen LogP contribution in [0.3, 0.4) is 0 Å². The van der Waals surface area contributed by atoms with Crippen LogP contribution in [0.15, 0.2) is 54.6 Å². The Balaban J connectivity index is 1.73. The molecule has 3 unspecified atom stereocenters. The molecule has 0 radical (unpaired) electrons. The number of hydrogen-bond acceptors (Lipinski definition) is 6. The molecule has 2 aromatic rings. The molecule has 3 aliphatic heterocycles. The summed E-state index contributed by atoms with van der Waals surface area (Å²) in [6.07, 6.45) is 0.131. The quantitative estimate of drug-likeness (QED) is 0.507. The summed E-state index contributed by atoms with van der Waals surface area (Å²) in [6.45, 7) is 2.29. The molecule has 194 valence electrons. The Bertz CT molecular complexity index is 1220. The van der Waals surface area contributed by atoms with Gasteiger partial charge in [-0.25, -0.2) is 0 Å². The van der Waals surface area contributed by atoms with Crippen LogP contribution in [-0.2, 0) is 30.3 Å². The second-order valence-electron chi connectivity index (χ2n) is 9.71. The monoisotopic (exact) mass is 505 g/mol. The molecule has 3 aliphatic rings. The van der Waals surface area contributed by atoms with Crippen LogP contribution in [0.1, 0.15) is 24.1 Å². The summed E-state index contributed by atoms with van der Waals surface area (Å²) in [5.41, 5.74) is -0.0287. The topological polar surface area (TPSA) is 96.5 Å². The van der Waals surface area contributed by atoms with Gasteiger partial charge in [-0.05, 0) is 30.2 Å². The van der Waals surface area contributed by atoms with Gasteiger partial charge in [0.05, 0.1) is 38.1 Å². The Morgan fingerprint density at radius 1 is 0.946 bits per heavy atom. The maximum atomic E-state index is 14.4. The highest BCUT2D eigenvalue weighted by Gasteiger charge is 2.74. The van der Waals surface area contributed by atoms with Crippen LogP contribution in [0.5, 0.6) is 5.75 Å². The molecular formula is C28H31N3O6. The first-order valence-corrected chi connectivity index (χ1v) is 12.5. The predicted octanol–water partition coefficient (Wildman–Crippen LogP) is 1.67. The van der Waals surface area contributed by atoms with Crippen LogP contribution < -0.4 is 4.74 Å². The van der Waals surface area contributed by atoms with E-state index in [0.29, 0.717) is 11.3 Å². The number of imide groups is 1. The van der Waals surface area contributed by atoms with Gasteiger partial charge in [-0.1, -0.05) is 42.5 Å². The van der Waals surface area contributed by atoms with Crippen LogP contribution in [0.25, 0.3) is 0 Å². The van der Waals surface area contributed by atoms with Crippen LogP contribution in [0.2, 0.25) is 0 Å². The van der Waals surface area contributed by atoms with Crippen molar-refractivity contribution in [3.8, 4) is 5.75 Å². The Labute approximate surface area is 215 Å². The number of ether oxygens (including phenoxy) is 2. The molecule has 3 fully saturated rings. The number of piperazine rings is 1. The normalized spacial score (nSPS) is 27.1. The first-order valence-electron chi connectivity index (χ1n) is 12.5. The SMILES string of the molecule is CCN1C(=O)C2C(c3ccc(OC)cc3)N3C(=O)CN(CCOC)C(=O)[C@@]3(Cc3ccccc3)C2C1=O. The maximum Gasteiger partial charge on any atom is 0.250 e. The Hall–Kier alpha value is -3.72. The first kappa shape index (κ1) is 25.0. The van der Waals surface area contributed by atoms with E-state index >= 15 is 0 Å². The standard InChI is InChI=1S/C28H31N3O6/c1-4-30-25(33)22-23(26(30)34)28(16-18-8-6-5-7-9-18)27(35)29(14-15-36-2)17-21(32)31(28)24(22)19-10-12-20(37-3)13-11-19/h5-13,22-24H,4,14-17H2,1-3H3/t22?,23?,24?,28-/m1/s1. The van der Waals surface area contributed by atoms with E-state index in [-0.39, 0.29) is 50.4 Å². The molecule has 0 aromatic heterocycles. The Morgan fingerprint density at radius 3 is 2.27 bits per heavy atom. The van der Waals surface area contributed by atoms with Gasteiger partial charge in [-0.2, -0.15) is 0 Å². The molecule has 4 atom stereocenters. The smallest absolute Gasteiger partial charge is 0.250 e. The zero-order valence-corrected chi connectivity index (χ0v) is 21.3. The van der Waals surface area contributed by atoms with Crippen molar-refractivity contribution in [3.63, 3.8) is 0 Å². The molecule has 4 amide bonds. The molecule has 3 saturated heterocycles. The van der Waals surface area contributed by atoms with E-state index in [2.05, 4.69) is 0 Å². The molecule has 0 N–H and O–H groups in total. The molecule has 2 aromatic carbocycles. The highest BCUT2D eigenvalue weighted by atomic mass is 16.5. The van der Waals surface area contributed by atoms with Gasteiger partial charge in [-0.15, -0.1) is 0 Å². The lowest BCUT2D eigenvalue weighted by Crippen LogP contribution is -2.70. The van der Waals surface area contributed by atoms with Gasteiger partial charge in [0.2, 0.25) is 23.6 Å².